The van der Waals surface area contributed by atoms with Gasteiger partial charge in [0.2, 0.25) is 11.8 Å². The molecule has 38 heavy (non-hydrogen) atoms. The summed E-state index contributed by atoms with van der Waals surface area (Å²) in [5.41, 5.74) is 1.66. The van der Waals surface area contributed by atoms with Gasteiger partial charge in [-0.1, -0.05) is 48.9 Å². The average Bonchev–Trinajstić information content (AvgIpc) is 2.95. The van der Waals surface area contributed by atoms with Gasteiger partial charge in [-0.3, -0.25) is 14.4 Å². The number of carbonyl (C=O) groups excluding carboxylic acids is 4. The number of carbonyl (C=O) groups is 4. The van der Waals surface area contributed by atoms with Gasteiger partial charge >= 0.3 is 5.97 Å². The number of amides is 2. The first-order chi connectivity index (χ1) is 18.5. The van der Waals surface area contributed by atoms with E-state index in [9.17, 15) is 19.2 Å². The standard InChI is InChI=1S/C29H32N2O6S/c1-36-20-13-11-19(12-14-20)16-37-29(35)26-22(21-9-5-6-10-23(21)32)17-38-28-25(27(34)31(26)28)30-24(33)15-18-7-3-2-4-8-18/h2-4,7-8,11-14,21-22,25-26,28H,5-6,9-10,15-17H2,1H3,(H,30,33)/t21?,22?,25-,26?,28-/m1/s1. The van der Waals surface area contributed by atoms with Crippen LogP contribution in [-0.4, -0.2) is 58.8 Å². The molecule has 1 N–H and O–H groups in total. The third-order valence-electron chi connectivity index (χ3n) is 7.67. The molecule has 2 aromatic carbocycles. The predicted molar refractivity (Wildman–Crippen MR) is 142 cm³/mol. The molecule has 2 saturated heterocycles. The van der Waals surface area contributed by atoms with Gasteiger partial charge in [-0.15, -0.1) is 11.8 Å². The average molecular weight is 537 g/mol. The smallest absolute Gasteiger partial charge is 0.329 e. The van der Waals surface area contributed by atoms with Gasteiger partial charge in [0.25, 0.3) is 0 Å². The van der Waals surface area contributed by atoms with Crippen molar-refractivity contribution in [1.29, 1.82) is 0 Å². The number of ether oxygens (including phenoxy) is 2. The third kappa shape index (κ3) is 5.43. The quantitative estimate of drug-likeness (QED) is 0.409. The van der Waals surface area contributed by atoms with Crippen molar-refractivity contribution in [3.63, 3.8) is 0 Å². The number of rotatable bonds is 8. The highest BCUT2D eigenvalue weighted by Gasteiger charge is 2.59. The second-order valence-corrected chi connectivity index (χ2v) is 11.2. The molecule has 0 spiro atoms. The van der Waals surface area contributed by atoms with Crippen LogP contribution in [0.1, 0.15) is 36.8 Å². The SMILES string of the molecule is COc1ccc(COC(=O)C2C(C3CCCCC3=O)CS[C@@H]3[C@H](NC(=O)Cc4ccccc4)C(=O)N23)cc1. The maximum absolute atomic E-state index is 13.5. The molecule has 5 atom stereocenters. The van der Waals surface area contributed by atoms with Gasteiger partial charge in [0, 0.05) is 24.0 Å². The molecular formula is C29H32N2O6S. The fourth-order valence-corrected chi connectivity index (χ4v) is 7.26. The van der Waals surface area contributed by atoms with Crippen LogP contribution in [-0.2, 0) is 36.9 Å². The lowest BCUT2D eigenvalue weighted by Gasteiger charge is -2.55. The number of thioether (sulfide) groups is 1. The summed E-state index contributed by atoms with van der Waals surface area (Å²) in [4.78, 5) is 53.9. The number of esters is 1. The van der Waals surface area contributed by atoms with Crippen molar-refractivity contribution in [2.24, 2.45) is 11.8 Å². The van der Waals surface area contributed by atoms with E-state index in [1.54, 1.807) is 24.1 Å². The number of nitrogens with one attached hydrogen (secondary N) is 1. The molecule has 8 nitrogen and oxygen atoms in total. The molecule has 9 heteroatoms. The van der Waals surface area contributed by atoms with Gasteiger partial charge in [-0.2, -0.15) is 0 Å². The highest BCUT2D eigenvalue weighted by Crippen LogP contribution is 2.45. The number of Topliss-reactive ketones (excluding diaryl/α,β-unsaturated/α-hetero) is 1. The van der Waals surface area contributed by atoms with E-state index in [0.717, 1.165) is 30.4 Å². The largest absolute Gasteiger partial charge is 0.497 e. The first-order valence-electron chi connectivity index (χ1n) is 13.1. The Labute approximate surface area is 226 Å². The van der Waals surface area contributed by atoms with E-state index in [0.29, 0.717) is 17.9 Å². The van der Waals surface area contributed by atoms with E-state index in [2.05, 4.69) is 5.32 Å². The molecule has 2 amide bonds. The van der Waals surface area contributed by atoms with Gasteiger partial charge in [0.1, 0.15) is 35.6 Å². The molecule has 200 valence electrons. The summed E-state index contributed by atoms with van der Waals surface area (Å²) in [7, 11) is 1.58. The normalized spacial score (nSPS) is 26.7. The molecular weight excluding hydrogens is 504 g/mol. The number of methoxy groups -OCH3 is 1. The number of ketones is 1. The van der Waals surface area contributed by atoms with Gasteiger partial charge in [-0.05, 0) is 36.1 Å². The monoisotopic (exact) mass is 536 g/mol. The Morgan fingerprint density at radius 1 is 1.03 bits per heavy atom. The van der Waals surface area contributed by atoms with Crippen molar-refractivity contribution in [2.45, 2.75) is 56.2 Å². The maximum atomic E-state index is 13.5. The lowest BCUT2D eigenvalue weighted by Crippen LogP contribution is -2.76. The number of β-lactam (4-membered cyclic amide) rings is 1. The van der Waals surface area contributed by atoms with Crippen molar-refractivity contribution in [1.82, 2.24) is 10.2 Å². The summed E-state index contributed by atoms with van der Waals surface area (Å²) in [5.74, 6) is -0.201. The Morgan fingerprint density at radius 3 is 2.50 bits per heavy atom. The summed E-state index contributed by atoms with van der Waals surface area (Å²) in [5, 5.41) is 2.50. The van der Waals surface area contributed by atoms with Crippen molar-refractivity contribution < 1.29 is 28.7 Å². The summed E-state index contributed by atoms with van der Waals surface area (Å²) in [6.45, 7) is 0.0573. The molecule has 3 unspecified atom stereocenters. The summed E-state index contributed by atoms with van der Waals surface area (Å²) < 4.78 is 10.9. The van der Waals surface area contributed by atoms with E-state index >= 15 is 0 Å². The lowest BCUT2D eigenvalue weighted by molar-refractivity contribution is -0.171. The number of benzene rings is 2. The maximum Gasteiger partial charge on any atom is 0.329 e. The summed E-state index contributed by atoms with van der Waals surface area (Å²) >= 11 is 1.53. The molecule has 0 bridgehead atoms. The molecule has 1 aliphatic carbocycles. The third-order valence-corrected chi connectivity index (χ3v) is 9.09. The van der Waals surface area contributed by atoms with E-state index in [-0.39, 0.29) is 47.8 Å². The van der Waals surface area contributed by atoms with Crippen LogP contribution in [0.5, 0.6) is 5.75 Å². The van der Waals surface area contributed by atoms with Crippen molar-refractivity contribution in [2.75, 3.05) is 12.9 Å². The fraction of sp³-hybridized carbons (Fsp3) is 0.448. The molecule has 3 aliphatic rings. The van der Waals surface area contributed by atoms with E-state index in [1.165, 1.54) is 11.8 Å². The Kier molecular flexibility index (Phi) is 8.02. The highest BCUT2D eigenvalue weighted by atomic mass is 32.2. The molecule has 0 aromatic heterocycles. The number of hydrogen-bond donors (Lipinski definition) is 1. The van der Waals surface area contributed by atoms with Crippen LogP contribution in [0.15, 0.2) is 54.6 Å². The lowest BCUT2D eigenvalue weighted by atomic mass is 9.75. The molecule has 1 saturated carbocycles. The van der Waals surface area contributed by atoms with E-state index in [1.807, 2.05) is 42.5 Å². The Hall–Kier alpha value is -3.33. The molecule has 2 heterocycles. The van der Waals surface area contributed by atoms with Crippen LogP contribution >= 0.6 is 11.8 Å². The van der Waals surface area contributed by atoms with Crippen molar-refractivity contribution in [3.8, 4) is 5.75 Å². The van der Waals surface area contributed by atoms with Crippen molar-refractivity contribution in [3.05, 3.63) is 65.7 Å². The fourth-order valence-electron chi connectivity index (χ4n) is 5.65. The Bertz CT molecular complexity index is 1190. The Morgan fingerprint density at radius 2 is 1.79 bits per heavy atom. The predicted octanol–water partition coefficient (Wildman–Crippen LogP) is 3.13. The van der Waals surface area contributed by atoms with Crippen LogP contribution in [0.25, 0.3) is 0 Å². The molecule has 0 radical (unpaired) electrons. The van der Waals surface area contributed by atoms with Gasteiger partial charge in [0.15, 0.2) is 0 Å². The second kappa shape index (κ2) is 11.6. The minimum Gasteiger partial charge on any atom is -0.497 e. The minimum absolute atomic E-state index is 0.0573. The van der Waals surface area contributed by atoms with Crippen molar-refractivity contribution >= 4 is 35.3 Å². The van der Waals surface area contributed by atoms with Crippen LogP contribution in [0.2, 0.25) is 0 Å². The zero-order chi connectivity index (χ0) is 26.6. The number of nitrogens with zero attached hydrogens (tertiary/aromatic N) is 1. The first kappa shape index (κ1) is 26.3. The van der Waals surface area contributed by atoms with Gasteiger partial charge in [-0.25, -0.2) is 4.79 Å². The zero-order valence-electron chi connectivity index (χ0n) is 21.3. The second-order valence-electron chi connectivity index (χ2n) is 10.1. The molecule has 2 aromatic rings. The van der Waals surface area contributed by atoms with Gasteiger partial charge in [0.05, 0.1) is 13.5 Å². The molecule has 5 rings (SSSR count). The number of hydrogen-bond acceptors (Lipinski definition) is 7. The van der Waals surface area contributed by atoms with Crippen LogP contribution in [0.3, 0.4) is 0 Å². The van der Waals surface area contributed by atoms with Crippen LogP contribution in [0.4, 0.5) is 0 Å². The molecule has 2 aliphatic heterocycles. The Balaban J connectivity index is 1.30. The van der Waals surface area contributed by atoms with E-state index in [4.69, 9.17) is 9.47 Å². The highest BCUT2D eigenvalue weighted by molar-refractivity contribution is 8.00. The minimum atomic E-state index is -0.846. The summed E-state index contributed by atoms with van der Waals surface area (Å²) in [6, 6.07) is 15.0. The summed E-state index contributed by atoms with van der Waals surface area (Å²) in [6.07, 6.45) is 3.20. The van der Waals surface area contributed by atoms with Crippen LogP contribution < -0.4 is 10.1 Å². The number of fused-ring (bicyclic) bond motifs is 1. The molecule has 3 fully saturated rings. The van der Waals surface area contributed by atoms with E-state index < -0.39 is 18.1 Å². The van der Waals surface area contributed by atoms with Gasteiger partial charge < -0.3 is 19.7 Å². The van der Waals surface area contributed by atoms with Crippen LogP contribution in [0, 0.1) is 11.8 Å². The topological polar surface area (TPSA) is 102 Å². The first-order valence-corrected chi connectivity index (χ1v) is 14.1. The zero-order valence-corrected chi connectivity index (χ0v) is 22.2.